The lowest BCUT2D eigenvalue weighted by atomic mass is 9.98. The molecule has 0 radical (unpaired) electrons. The monoisotopic (exact) mass is 434 g/mol. The van der Waals surface area contributed by atoms with E-state index < -0.39 is 5.60 Å². The number of hydrogen-bond acceptors (Lipinski definition) is 4. The molecule has 2 aromatic rings. The first-order valence-corrected chi connectivity index (χ1v) is 11.0. The number of carbonyl (C=O) groups excluding carboxylic acids is 1. The molecule has 162 valence electrons. The van der Waals surface area contributed by atoms with Crippen molar-refractivity contribution in [1.29, 1.82) is 0 Å². The summed E-state index contributed by atoms with van der Waals surface area (Å²) in [6.45, 7) is 3.27. The van der Waals surface area contributed by atoms with Gasteiger partial charge in [-0.15, -0.1) is 0 Å². The Morgan fingerprint density at radius 3 is 2.07 bits per heavy atom. The van der Waals surface area contributed by atoms with Gasteiger partial charge in [0.05, 0.1) is 5.60 Å². The minimum atomic E-state index is -1.01. The lowest BCUT2D eigenvalue weighted by molar-refractivity contribution is -0.105. The molecule has 0 aliphatic heterocycles. The maximum Gasteiger partial charge on any atom is 0.211 e. The van der Waals surface area contributed by atoms with E-state index in [0.717, 1.165) is 71.4 Å². The molecule has 0 unspecified atom stereocenters. The second-order valence-electron chi connectivity index (χ2n) is 8.11. The van der Waals surface area contributed by atoms with E-state index in [2.05, 4.69) is 10.0 Å². The summed E-state index contributed by atoms with van der Waals surface area (Å²) in [4.78, 5) is 11.4. The smallest absolute Gasteiger partial charge is 0.211 e. The molecule has 2 aliphatic rings. The summed E-state index contributed by atoms with van der Waals surface area (Å²) < 4.78 is 30.2. The Morgan fingerprint density at radius 2 is 1.57 bits per heavy atom. The van der Waals surface area contributed by atoms with Gasteiger partial charge in [0.1, 0.15) is 11.6 Å². The van der Waals surface area contributed by atoms with Crippen LogP contribution in [0, 0.1) is 11.6 Å². The van der Waals surface area contributed by atoms with Crippen LogP contribution in [0.1, 0.15) is 54.5 Å². The van der Waals surface area contributed by atoms with E-state index in [-0.39, 0.29) is 11.6 Å². The third-order valence-electron chi connectivity index (χ3n) is 5.57. The molecule has 0 atom stereocenters. The van der Waals surface area contributed by atoms with Gasteiger partial charge in [0.15, 0.2) is 0 Å². The molecule has 2 aliphatic carbocycles. The van der Waals surface area contributed by atoms with Crippen LogP contribution in [0.25, 0.3) is 0 Å². The van der Waals surface area contributed by atoms with Gasteiger partial charge in [-0.25, -0.2) is 8.78 Å². The van der Waals surface area contributed by atoms with Crippen LogP contribution in [0.2, 0.25) is 0 Å². The summed E-state index contributed by atoms with van der Waals surface area (Å²) in [7, 11) is 1.76. The summed E-state index contributed by atoms with van der Waals surface area (Å²) in [6.07, 6.45) is 6.16. The van der Waals surface area contributed by atoms with E-state index in [9.17, 15) is 18.7 Å². The highest BCUT2D eigenvalue weighted by atomic mass is 32.2. The fraction of sp³-hybridized carbons (Fsp3) is 0.435. The molecule has 0 saturated carbocycles. The van der Waals surface area contributed by atoms with Gasteiger partial charge in [0, 0.05) is 10.6 Å². The zero-order valence-corrected chi connectivity index (χ0v) is 18.4. The van der Waals surface area contributed by atoms with Crippen molar-refractivity contribution in [2.75, 3.05) is 12.4 Å². The molecule has 4 nitrogen and oxygen atoms in total. The van der Waals surface area contributed by atoms with Crippen molar-refractivity contribution in [2.45, 2.75) is 62.9 Å². The number of carbonyl (C=O) groups is 1. The number of benzene rings is 2. The molecule has 0 spiro atoms. The Balaban J connectivity index is 0.000000173. The molecule has 0 saturated heterocycles. The summed E-state index contributed by atoms with van der Waals surface area (Å²) >= 11 is 1.32. The lowest BCUT2D eigenvalue weighted by Crippen LogP contribution is -2.15. The number of amides is 1. The Bertz CT molecular complexity index is 907. The first-order valence-electron chi connectivity index (χ1n) is 10.2. The number of fused-ring (bicyclic) bond motifs is 2. The molecule has 7 heteroatoms. The zero-order chi connectivity index (χ0) is 21.9. The van der Waals surface area contributed by atoms with Crippen molar-refractivity contribution >= 4 is 24.0 Å². The van der Waals surface area contributed by atoms with Gasteiger partial charge in [-0.05, 0) is 117 Å². The SMILES string of the molecule is CNSc1cc(F)cc(C(C)(C)O)c1.O=CNc1c2c(c(F)c3c1CCC3)CCC2. The first-order chi connectivity index (χ1) is 14.3. The average Bonchev–Trinajstić information content (AvgIpc) is 3.35. The normalized spacial score (nSPS) is 14.6. The molecule has 4 rings (SSSR count). The van der Waals surface area contributed by atoms with E-state index in [4.69, 9.17) is 0 Å². The van der Waals surface area contributed by atoms with Crippen LogP contribution >= 0.6 is 11.9 Å². The van der Waals surface area contributed by atoms with Crippen LogP contribution in [-0.2, 0) is 36.1 Å². The van der Waals surface area contributed by atoms with Gasteiger partial charge in [-0.1, -0.05) is 0 Å². The number of halogens is 2. The fourth-order valence-corrected chi connectivity index (χ4v) is 4.81. The molecule has 0 heterocycles. The molecule has 0 aromatic heterocycles. The van der Waals surface area contributed by atoms with Crippen molar-refractivity contribution in [3.05, 3.63) is 57.7 Å². The summed E-state index contributed by atoms with van der Waals surface area (Å²) in [5, 5.41) is 12.5. The van der Waals surface area contributed by atoms with Crippen molar-refractivity contribution in [3.8, 4) is 0 Å². The Kier molecular flexibility index (Phi) is 7.16. The summed E-state index contributed by atoms with van der Waals surface area (Å²) in [5.74, 6) is -0.321. The van der Waals surface area contributed by atoms with E-state index in [1.807, 2.05) is 0 Å². The van der Waals surface area contributed by atoms with Gasteiger partial charge in [0.2, 0.25) is 6.41 Å². The van der Waals surface area contributed by atoms with E-state index in [1.54, 1.807) is 27.0 Å². The largest absolute Gasteiger partial charge is 0.386 e. The number of nitrogens with one attached hydrogen (secondary N) is 2. The highest BCUT2D eigenvalue weighted by molar-refractivity contribution is 7.97. The lowest BCUT2D eigenvalue weighted by Gasteiger charge is -2.18. The average molecular weight is 435 g/mol. The Morgan fingerprint density at radius 1 is 1.00 bits per heavy atom. The molecule has 30 heavy (non-hydrogen) atoms. The Hall–Kier alpha value is -1.96. The van der Waals surface area contributed by atoms with Gasteiger partial charge in [-0.2, -0.15) is 0 Å². The maximum absolute atomic E-state index is 14.2. The van der Waals surface area contributed by atoms with E-state index in [0.29, 0.717) is 12.0 Å². The summed E-state index contributed by atoms with van der Waals surface area (Å²) in [6, 6.07) is 4.54. The minimum Gasteiger partial charge on any atom is -0.386 e. The predicted octanol–water partition coefficient (Wildman–Crippen LogP) is 4.65. The van der Waals surface area contributed by atoms with E-state index in [1.165, 1.54) is 24.1 Å². The second-order valence-corrected chi connectivity index (χ2v) is 9.20. The van der Waals surface area contributed by atoms with Gasteiger partial charge in [-0.3, -0.25) is 9.52 Å². The van der Waals surface area contributed by atoms with Crippen LogP contribution in [0.5, 0.6) is 0 Å². The second kappa shape index (κ2) is 9.45. The summed E-state index contributed by atoms with van der Waals surface area (Å²) in [5.41, 5.74) is 4.28. The standard InChI is InChI=1S/C13H14FNO.C10H14FNOS/c14-12-8-3-1-5-10(8)13(15-7-16)11-6-2-4-9(11)12;1-10(2,13)7-4-8(11)6-9(5-7)14-12-3/h7H,1-6H2,(H,15,16);4-6,12-13H,1-3H3. The molecule has 0 bridgehead atoms. The quantitative estimate of drug-likeness (QED) is 0.474. The third kappa shape index (κ3) is 4.85. The highest BCUT2D eigenvalue weighted by Gasteiger charge is 2.28. The highest BCUT2D eigenvalue weighted by Crippen LogP contribution is 2.40. The van der Waals surface area contributed by atoms with Crippen molar-refractivity contribution in [1.82, 2.24) is 4.72 Å². The van der Waals surface area contributed by atoms with Crippen LogP contribution in [-0.4, -0.2) is 18.6 Å². The predicted molar refractivity (Wildman–Crippen MR) is 117 cm³/mol. The zero-order valence-electron chi connectivity index (χ0n) is 17.6. The fourth-order valence-electron chi connectivity index (χ4n) is 4.21. The number of hydrogen-bond donors (Lipinski definition) is 3. The van der Waals surface area contributed by atoms with Crippen LogP contribution in [0.3, 0.4) is 0 Å². The molecule has 2 aromatic carbocycles. The Labute approximate surface area is 180 Å². The van der Waals surface area contributed by atoms with Gasteiger partial charge >= 0.3 is 0 Å². The van der Waals surface area contributed by atoms with Gasteiger partial charge in [0.25, 0.3) is 0 Å². The van der Waals surface area contributed by atoms with Crippen molar-refractivity contribution in [2.24, 2.45) is 0 Å². The van der Waals surface area contributed by atoms with Crippen LogP contribution in [0.15, 0.2) is 23.1 Å². The third-order valence-corrected chi connectivity index (χ3v) is 6.25. The molecule has 1 amide bonds. The van der Waals surface area contributed by atoms with Crippen molar-refractivity contribution in [3.63, 3.8) is 0 Å². The number of aliphatic hydroxyl groups is 1. The molecule has 3 N–H and O–H groups in total. The first kappa shape index (κ1) is 22.7. The minimum absolute atomic E-state index is 0.0106. The topological polar surface area (TPSA) is 61.4 Å². The van der Waals surface area contributed by atoms with Crippen molar-refractivity contribution < 1.29 is 18.7 Å². The van der Waals surface area contributed by atoms with Crippen LogP contribution in [0.4, 0.5) is 14.5 Å². The van der Waals surface area contributed by atoms with Gasteiger partial charge < -0.3 is 10.4 Å². The van der Waals surface area contributed by atoms with Crippen LogP contribution < -0.4 is 10.0 Å². The van der Waals surface area contributed by atoms with E-state index >= 15 is 0 Å². The number of rotatable bonds is 5. The molecular formula is C23H28F2N2O2S. The molecule has 0 fully saturated rings. The number of anilines is 1. The molecular weight excluding hydrogens is 406 g/mol. The maximum atomic E-state index is 14.2.